The van der Waals surface area contributed by atoms with Crippen LogP contribution in [-0.4, -0.2) is 70.0 Å². The number of nitrogens with zero attached hydrogens (tertiary/aromatic N) is 3. The molecule has 2 fully saturated rings. The van der Waals surface area contributed by atoms with Crippen molar-refractivity contribution in [1.29, 1.82) is 0 Å². The first-order chi connectivity index (χ1) is 19.2. The lowest BCUT2D eigenvalue weighted by Gasteiger charge is -2.38. The van der Waals surface area contributed by atoms with E-state index in [1.165, 1.54) is 16.7 Å². The first kappa shape index (κ1) is 28.5. The molecule has 216 valence electrons. The fourth-order valence-electron chi connectivity index (χ4n) is 6.14. The van der Waals surface area contributed by atoms with Gasteiger partial charge in [-0.25, -0.2) is 4.79 Å². The quantitative estimate of drug-likeness (QED) is 0.447. The van der Waals surface area contributed by atoms with E-state index in [0.29, 0.717) is 32.1 Å². The molecule has 7 nitrogen and oxygen atoms in total. The maximum atomic E-state index is 13.6. The Balaban J connectivity index is 0.00000387. The van der Waals surface area contributed by atoms with Gasteiger partial charge in [0.1, 0.15) is 5.37 Å². The molecule has 0 aliphatic carbocycles. The number of thioether (sulfide) groups is 1. The molecule has 3 aliphatic heterocycles. The van der Waals surface area contributed by atoms with Crippen LogP contribution < -0.4 is 5.32 Å². The van der Waals surface area contributed by atoms with Crippen molar-refractivity contribution in [3.63, 3.8) is 0 Å². The monoisotopic (exact) mass is 564 g/mol. The van der Waals surface area contributed by atoms with Crippen LogP contribution in [0.2, 0.25) is 0 Å². The summed E-state index contributed by atoms with van der Waals surface area (Å²) in [4.78, 5) is 45.8. The predicted octanol–water partition coefficient (Wildman–Crippen LogP) is 6.01. The van der Waals surface area contributed by atoms with Gasteiger partial charge in [0.05, 0.1) is 5.25 Å². The predicted molar refractivity (Wildman–Crippen MR) is 163 cm³/mol. The highest BCUT2D eigenvalue weighted by atomic mass is 32.2. The Bertz CT molecular complexity index is 1260. The van der Waals surface area contributed by atoms with E-state index in [-0.39, 0.29) is 42.4 Å². The standard InChI is InChI=1S/C32H42N4O3S.H2/c1-21(2)11-17-36-30(38)28(40-31(36)26-10-9-22(3)19-23(26)4)20-29(37)34-15-13-25(14-16-34)35-18-12-24-7-5-6-8-27(24)33-32(35)39;/h5-10,19,21,25,28,31H,11-18,20H2,1-4H3,(H,33,39);1H. The topological polar surface area (TPSA) is 73.0 Å². The molecule has 2 atom stereocenters. The Morgan fingerprint density at radius 3 is 2.55 bits per heavy atom. The van der Waals surface area contributed by atoms with Crippen molar-refractivity contribution in [1.82, 2.24) is 14.7 Å². The van der Waals surface area contributed by atoms with Crippen LogP contribution in [0.4, 0.5) is 10.5 Å². The number of hydrogen-bond donors (Lipinski definition) is 1. The van der Waals surface area contributed by atoms with E-state index in [2.05, 4.69) is 57.3 Å². The number of carbonyl (C=O) groups is 3. The fraction of sp³-hybridized carbons (Fsp3) is 0.531. The van der Waals surface area contributed by atoms with Gasteiger partial charge in [-0.05, 0) is 68.2 Å². The van der Waals surface area contributed by atoms with Crippen molar-refractivity contribution in [3.05, 3.63) is 64.7 Å². The molecule has 3 aliphatic rings. The van der Waals surface area contributed by atoms with Crippen LogP contribution in [0.1, 0.15) is 68.6 Å². The minimum absolute atomic E-state index is 0. The Morgan fingerprint density at radius 2 is 1.82 bits per heavy atom. The molecule has 8 heteroatoms. The number of hydrogen-bond acceptors (Lipinski definition) is 4. The second-order valence-electron chi connectivity index (χ2n) is 11.9. The molecule has 2 aromatic rings. The minimum Gasteiger partial charge on any atom is -0.342 e. The lowest BCUT2D eigenvalue weighted by molar-refractivity contribution is -0.136. The molecule has 2 aromatic carbocycles. The normalized spacial score (nSPS) is 22.0. The average molecular weight is 565 g/mol. The van der Waals surface area contributed by atoms with Crippen molar-refractivity contribution in [3.8, 4) is 0 Å². The van der Waals surface area contributed by atoms with Crippen LogP contribution in [-0.2, 0) is 16.0 Å². The Labute approximate surface area is 244 Å². The van der Waals surface area contributed by atoms with Crippen LogP contribution in [0.25, 0.3) is 0 Å². The lowest BCUT2D eigenvalue weighted by Crippen LogP contribution is -2.50. The molecule has 4 amide bonds. The largest absolute Gasteiger partial charge is 0.342 e. The van der Waals surface area contributed by atoms with Gasteiger partial charge in [0.15, 0.2) is 0 Å². The highest BCUT2D eigenvalue weighted by Crippen LogP contribution is 2.45. The minimum atomic E-state index is -0.363. The van der Waals surface area contributed by atoms with Gasteiger partial charge in [0.2, 0.25) is 11.8 Å². The molecule has 0 spiro atoms. The van der Waals surface area contributed by atoms with E-state index in [0.717, 1.165) is 36.9 Å². The SMILES string of the molecule is Cc1ccc(C2SC(CC(=O)N3CCC(N4CCc5ccccc5NC4=O)CC3)C(=O)N2CCC(C)C)c(C)c1.[HH]. The molecular weight excluding hydrogens is 520 g/mol. The number of nitrogens with one attached hydrogen (secondary N) is 1. The first-order valence-electron chi connectivity index (χ1n) is 14.7. The van der Waals surface area contributed by atoms with Gasteiger partial charge in [-0.2, -0.15) is 0 Å². The van der Waals surface area contributed by atoms with E-state index in [9.17, 15) is 14.4 Å². The molecule has 1 N–H and O–H groups in total. The highest BCUT2D eigenvalue weighted by Gasteiger charge is 2.43. The molecule has 3 heterocycles. The summed E-state index contributed by atoms with van der Waals surface area (Å²) in [6, 6.07) is 14.5. The molecule has 5 rings (SSSR count). The number of aryl methyl sites for hydroxylation is 2. The number of fused-ring (bicyclic) bond motifs is 1. The molecule has 0 aromatic heterocycles. The number of amides is 4. The van der Waals surface area contributed by atoms with E-state index in [1.54, 1.807) is 11.8 Å². The Hall–Kier alpha value is -3.00. The number of para-hydroxylation sites is 1. The van der Waals surface area contributed by atoms with Crippen molar-refractivity contribution in [2.75, 3.05) is 31.5 Å². The summed E-state index contributed by atoms with van der Waals surface area (Å²) in [6.45, 7) is 11.2. The highest BCUT2D eigenvalue weighted by molar-refractivity contribution is 8.01. The second kappa shape index (κ2) is 12.2. The van der Waals surface area contributed by atoms with Crippen molar-refractivity contribution in [2.24, 2.45) is 5.92 Å². The van der Waals surface area contributed by atoms with Gasteiger partial charge in [0, 0.05) is 45.8 Å². The van der Waals surface area contributed by atoms with Crippen LogP contribution >= 0.6 is 11.8 Å². The Morgan fingerprint density at radius 1 is 1.07 bits per heavy atom. The number of urea groups is 1. The third-order valence-electron chi connectivity index (χ3n) is 8.53. The molecule has 2 unspecified atom stereocenters. The van der Waals surface area contributed by atoms with Crippen LogP contribution in [0.15, 0.2) is 42.5 Å². The summed E-state index contributed by atoms with van der Waals surface area (Å²) in [5, 5.41) is 2.65. The van der Waals surface area contributed by atoms with Crippen LogP contribution in [0.3, 0.4) is 0 Å². The zero-order valence-electron chi connectivity index (χ0n) is 24.2. The number of benzene rings is 2. The van der Waals surface area contributed by atoms with Crippen molar-refractivity contribution < 1.29 is 15.8 Å². The summed E-state index contributed by atoms with van der Waals surface area (Å²) in [6.07, 6.45) is 3.51. The third-order valence-corrected chi connectivity index (χ3v) is 10.00. The van der Waals surface area contributed by atoms with Gasteiger partial charge in [-0.15, -0.1) is 11.8 Å². The lowest BCUT2D eigenvalue weighted by atomic mass is 10.0. The third kappa shape index (κ3) is 6.17. The summed E-state index contributed by atoms with van der Waals surface area (Å²) in [7, 11) is 0. The van der Waals surface area contributed by atoms with E-state index in [4.69, 9.17) is 0 Å². The molecule has 0 radical (unpaired) electrons. The van der Waals surface area contributed by atoms with E-state index in [1.807, 2.05) is 32.9 Å². The molecule has 0 bridgehead atoms. The molecule has 0 saturated carbocycles. The number of carbonyl (C=O) groups excluding carboxylic acids is 3. The van der Waals surface area contributed by atoms with Gasteiger partial charge < -0.3 is 20.0 Å². The summed E-state index contributed by atoms with van der Waals surface area (Å²) in [5.41, 5.74) is 5.62. The van der Waals surface area contributed by atoms with Crippen molar-refractivity contribution in [2.45, 2.75) is 76.5 Å². The van der Waals surface area contributed by atoms with Crippen LogP contribution in [0.5, 0.6) is 0 Å². The van der Waals surface area contributed by atoms with Gasteiger partial charge in [-0.3, -0.25) is 9.59 Å². The zero-order chi connectivity index (χ0) is 28.4. The zero-order valence-corrected chi connectivity index (χ0v) is 25.0. The van der Waals surface area contributed by atoms with Gasteiger partial charge in [0.25, 0.3) is 0 Å². The first-order valence-corrected chi connectivity index (χ1v) is 15.6. The number of likely N-dealkylation sites (tertiary alicyclic amines) is 1. The summed E-state index contributed by atoms with van der Waals surface area (Å²) < 4.78 is 0. The number of piperidine rings is 1. The maximum absolute atomic E-state index is 13.6. The number of rotatable bonds is 7. The van der Waals surface area contributed by atoms with E-state index < -0.39 is 0 Å². The van der Waals surface area contributed by atoms with Crippen molar-refractivity contribution >= 4 is 35.3 Å². The molecule has 2 saturated heterocycles. The summed E-state index contributed by atoms with van der Waals surface area (Å²) in [5.74, 6) is 0.627. The molecule has 40 heavy (non-hydrogen) atoms. The molecular formula is C32H44N4O3S. The van der Waals surface area contributed by atoms with E-state index >= 15 is 0 Å². The number of anilines is 1. The second-order valence-corrected chi connectivity index (χ2v) is 13.2. The van der Waals surface area contributed by atoms with Crippen LogP contribution in [0, 0.1) is 19.8 Å². The fourth-order valence-corrected chi connectivity index (χ4v) is 7.71. The Kier molecular flexibility index (Phi) is 8.74. The van der Waals surface area contributed by atoms with Gasteiger partial charge in [-0.1, -0.05) is 55.8 Å². The van der Waals surface area contributed by atoms with Gasteiger partial charge >= 0.3 is 6.03 Å². The smallest absolute Gasteiger partial charge is 0.322 e. The summed E-state index contributed by atoms with van der Waals surface area (Å²) >= 11 is 1.63. The average Bonchev–Trinajstić information content (AvgIpc) is 3.11. The maximum Gasteiger partial charge on any atom is 0.322 e.